The Balaban J connectivity index is 2.08. The first-order valence-corrected chi connectivity index (χ1v) is 6.27. The van der Waals surface area contributed by atoms with Crippen LogP contribution in [0.15, 0.2) is 30.0 Å². The topological polar surface area (TPSA) is 43.8 Å². The molecule has 0 unspecified atom stereocenters. The number of rotatable bonds is 4. The van der Waals surface area contributed by atoms with Gasteiger partial charge in [-0.3, -0.25) is 0 Å². The summed E-state index contributed by atoms with van der Waals surface area (Å²) in [7, 11) is 0. The molecule has 0 aliphatic heterocycles. The van der Waals surface area contributed by atoms with Crippen molar-refractivity contribution in [1.29, 1.82) is 0 Å². The highest BCUT2D eigenvalue weighted by Crippen LogP contribution is 2.17. The lowest BCUT2D eigenvalue weighted by Gasteiger charge is -2.20. The Hall–Kier alpha value is -1.13. The first kappa shape index (κ1) is 11.4. The van der Waals surface area contributed by atoms with Gasteiger partial charge in [0.25, 0.3) is 0 Å². The van der Waals surface area contributed by atoms with Gasteiger partial charge in [0.2, 0.25) is 0 Å². The second-order valence-electron chi connectivity index (χ2n) is 4.52. The van der Waals surface area contributed by atoms with Gasteiger partial charge in [0.05, 0.1) is 17.6 Å². The third kappa shape index (κ3) is 2.51. The van der Waals surface area contributed by atoms with Crippen LogP contribution in [-0.2, 0) is 18.5 Å². The van der Waals surface area contributed by atoms with Crippen molar-refractivity contribution in [2.24, 2.45) is 5.73 Å². The lowest BCUT2D eigenvalue weighted by atomic mass is 10.0. The van der Waals surface area contributed by atoms with Gasteiger partial charge in [-0.15, -0.1) is 11.3 Å². The Morgan fingerprint density at radius 2 is 2.31 bits per heavy atom. The second kappa shape index (κ2) is 4.39. The Labute approximate surface area is 99.9 Å². The molecule has 2 rings (SSSR count). The summed E-state index contributed by atoms with van der Waals surface area (Å²) in [6.45, 7) is 4.95. The van der Waals surface area contributed by atoms with Gasteiger partial charge in [0.1, 0.15) is 0 Å². The standard InChI is InChI=1S/C12H17N3S/c1-12(2,13)11-8-14-9-15(11)6-5-10-4-3-7-16-10/h3-4,7-9H,5-6,13H2,1-2H3. The zero-order chi connectivity index (χ0) is 11.6. The van der Waals surface area contributed by atoms with E-state index in [4.69, 9.17) is 5.73 Å². The molecule has 0 spiro atoms. The van der Waals surface area contributed by atoms with Crippen LogP contribution in [0.5, 0.6) is 0 Å². The fourth-order valence-corrected chi connectivity index (χ4v) is 2.42. The van der Waals surface area contributed by atoms with E-state index in [2.05, 4.69) is 27.1 Å². The van der Waals surface area contributed by atoms with Gasteiger partial charge >= 0.3 is 0 Å². The first-order chi connectivity index (χ1) is 7.57. The number of nitrogens with two attached hydrogens (primary N) is 1. The fourth-order valence-electron chi connectivity index (χ4n) is 1.72. The van der Waals surface area contributed by atoms with E-state index in [1.54, 1.807) is 11.3 Å². The SMILES string of the molecule is CC(C)(N)c1cncn1CCc1cccs1. The maximum atomic E-state index is 6.09. The molecule has 0 saturated carbocycles. The van der Waals surface area contributed by atoms with E-state index < -0.39 is 0 Å². The number of hydrogen-bond donors (Lipinski definition) is 1. The highest BCUT2D eigenvalue weighted by atomic mass is 32.1. The van der Waals surface area contributed by atoms with Crippen molar-refractivity contribution in [3.63, 3.8) is 0 Å². The van der Waals surface area contributed by atoms with Gasteiger partial charge in [-0.05, 0) is 31.7 Å². The molecule has 2 aromatic heterocycles. The molecule has 0 bridgehead atoms. The quantitative estimate of drug-likeness (QED) is 0.884. The fraction of sp³-hybridized carbons (Fsp3) is 0.417. The Kier molecular flexibility index (Phi) is 3.12. The van der Waals surface area contributed by atoms with Crippen LogP contribution in [0.25, 0.3) is 0 Å². The summed E-state index contributed by atoms with van der Waals surface area (Å²) in [6, 6.07) is 4.25. The van der Waals surface area contributed by atoms with Gasteiger partial charge in [0, 0.05) is 17.6 Å². The van der Waals surface area contributed by atoms with Crippen LogP contribution in [0.2, 0.25) is 0 Å². The van der Waals surface area contributed by atoms with E-state index in [1.165, 1.54) is 4.88 Å². The molecule has 86 valence electrons. The van der Waals surface area contributed by atoms with E-state index >= 15 is 0 Å². The van der Waals surface area contributed by atoms with Gasteiger partial charge in [0.15, 0.2) is 0 Å². The smallest absolute Gasteiger partial charge is 0.0948 e. The maximum absolute atomic E-state index is 6.09. The molecule has 0 aliphatic carbocycles. The molecule has 2 aromatic rings. The van der Waals surface area contributed by atoms with E-state index in [1.807, 2.05) is 26.4 Å². The highest BCUT2D eigenvalue weighted by Gasteiger charge is 2.18. The van der Waals surface area contributed by atoms with E-state index in [-0.39, 0.29) is 5.54 Å². The first-order valence-electron chi connectivity index (χ1n) is 5.39. The molecule has 0 fully saturated rings. The van der Waals surface area contributed by atoms with Crippen LogP contribution in [0, 0.1) is 0 Å². The summed E-state index contributed by atoms with van der Waals surface area (Å²) in [4.78, 5) is 5.57. The van der Waals surface area contributed by atoms with Crippen molar-refractivity contribution in [2.75, 3.05) is 0 Å². The minimum atomic E-state index is -0.327. The third-order valence-electron chi connectivity index (χ3n) is 2.55. The number of imidazole rings is 1. The summed E-state index contributed by atoms with van der Waals surface area (Å²) in [6.07, 6.45) is 4.75. The molecule has 4 heteroatoms. The number of aromatic nitrogens is 2. The molecule has 2 N–H and O–H groups in total. The molecular weight excluding hydrogens is 218 g/mol. The molecule has 0 aliphatic rings. The van der Waals surface area contributed by atoms with Crippen molar-refractivity contribution in [3.05, 3.63) is 40.6 Å². The average molecular weight is 235 g/mol. The summed E-state index contributed by atoms with van der Waals surface area (Å²) < 4.78 is 2.14. The molecule has 0 atom stereocenters. The van der Waals surface area contributed by atoms with Gasteiger partial charge in [-0.2, -0.15) is 0 Å². The second-order valence-corrected chi connectivity index (χ2v) is 5.56. The maximum Gasteiger partial charge on any atom is 0.0948 e. The Morgan fingerprint density at radius 1 is 1.50 bits per heavy atom. The molecule has 16 heavy (non-hydrogen) atoms. The van der Waals surface area contributed by atoms with Crippen LogP contribution in [0.3, 0.4) is 0 Å². The minimum absolute atomic E-state index is 0.327. The normalized spacial score (nSPS) is 11.9. The zero-order valence-electron chi connectivity index (χ0n) is 9.68. The highest BCUT2D eigenvalue weighted by molar-refractivity contribution is 7.09. The Morgan fingerprint density at radius 3 is 2.94 bits per heavy atom. The minimum Gasteiger partial charge on any atom is -0.333 e. The van der Waals surface area contributed by atoms with E-state index in [0.29, 0.717) is 0 Å². The van der Waals surface area contributed by atoms with Crippen LogP contribution in [0.4, 0.5) is 0 Å². The zero-order valence-corrected chi connectivity index (χ0v) is 10.5. The van der Waals surface area contributed by atoms with Crippen molar-refractivity contribution in [2.45, 2.75) is 32.4 Å². The lowest BCUT2D eigenvalue weighted by Crippen LogP contribution is -2.31. The van der Waals surface area contributed by atoms with Gasteiger partial charge in [-0.1, -0.05) is 6.07 Å². The molecule has 3 nitrogen and oxygen atoms in total. The van der Waals surface area contributed by atoms with Crippen molar-refractivity contribution >= 4 is 11.3 Å². The molecule has 0 aromatic carbocycles. The van der Waals surface area contributed by atoms with Crippen LogP contribution in [0.1, 0.15) is 24.4 Å². The van der Waals surface area contributed by atoms with Crippen LogP contribution >= 0.6 is 11.3 Å². The van der Waals surface area contributed by atoms with Crippen molar-refractivity contribution in [3.8, 4) is 0 Å². The number of nitrogens with zero attached hydrogens (tertiary/aromatic N) is 2. The number of thiophene rings is 1. The Bertz CT molecular complexity index is 437. The van der Waals surface area contributed by atoms with Gasteiger partial charge < -0.3 is 10.3 Å². The predicted octanol–water partition coefficient (Wildman–Crippen LogP) is 2.38. The molecule has 0 amide bonds. The van der Waals surface area contributed by atoms with Crippen LogP contribution < -0.4 is 5.73 Å². The largest absolute Gasteiger partial charge is 0.333 e. The molecular formula is C12H17N3S. The summed E-state index contributed by atoms with van der Waals surface area (Å²) in [5, 5.41) is 2.11. The molecule has 0 radical (unpaired) electrons. The predicted molar refractivity (Wildman–Crippen MR) is 67.5 cm³/mol. The van der Waals surface area contributed by atoms with Gasteiger partial charge in [-0.25, -0.2) is 4.98 Å². The lowest BCUT2D eigenvalue weighted by molar-refractivity contribution is 0.492. The monoisotopic (exact) mass is 235 g/mol. The average Bonchev–Trinajstić information content (AvgIpc) is 2.85. The third-order valence-corrected chi connectivity index (χ3v) is 3.49. The van der Waals surface area contributed by atoms with Crippen LogP contribution in [-0.4, -0.2) is 9.55 Å². The van der Waals surface area contributed by atoms with E-state index in [0.717, 1.165) is 18.7 Å². The van der Waals surface area contributed by atoms with Crippen molar-refractivity contribution < 1.29 is 0 Å². The van der Waals surface area contributed by atoms with E-state index in [9.17, 15) is 0 Å². The molecule has 0 saturated heterocycles. The summed E-state index contributed by atoms with van der Waals surface area (Å²) >= 11 is 1.79. The summed E-state index contributed by atoms with van der Waals surface area (Å²) in [5.41, 5.74) is 6.85. The number of hydrogen-bond acceptors (Lipinski definition) is 3. The molecule has 2 heterocycles. The summed E-state index contributed by atoms with van der Waals surface area (Å²) in [5.74, 6) is 0. The van der Waals surface area contributed by atoms with Crippen molar-refractivity contribution in [1.82, 2.24) is 9.55 Å². The number of aryl methyl sites for hydroxylation is 2.